The third-order valence-electron chi connectivity index (χ3n) is 2.80. The van der Waals surface area contributed by atoms with E-state index >= 15 is 0 Å². The highest BCUT2D eigenvalue weighted by Crippen LogP contribution is 2.39. The van der Waals surface area contributed by atoms with Gasteiger partial charge in [0.15, 0.2) is 0 Å². The van der Waals surface area contributed by atoms with Crippen LogP contribution in [-0.4, -0.2) is 20.6 Å². The Kier molecular flexibility index (Phi) is 3.59. The number of benzene rings is 2. The fourth-order valence-electron chi connectivity index (χ4n) is 1.82. The van der Waals surface area contributed by atoms with Gasteiger partial charge in [0, 0.05) is 9.37 Å². The van der Waals surface area contributed by atoms with Crippen LogP contribution >= 0.6 is 27.7 Å². The summed E-state index contributed by atoms with van der Waals surface area (Å²) in [5.74, 6) is 0.238. The van der Waals surface area contributed by atoms with Gasteiger partial charge >= 0.3 is 0 Å². The Bertz CT molecular complexity index is 780. The number of hydrogen-bond acceptors (Lipinski definition) is 4. The quantitative estimate of drug-likeness (QED) is 0.826. The Morgan fingerprint density at radius 3 is 2.52 bits per heavy atom. The maximum absolute atomic E-state index is 7.39. The van der Waals surface area contributed by atoms with E-state index in [1.54, 1.807) is 0 Å². The lowest BCUT2D eigenvalue weighted by molar-refractivity contribution is 0.390. The Morgan fingerprint density at radius 1 is 1.14 bits per heavy atom. The minimum Gasteiger partial charge on any atom is -0.496 e. The molecular formula is C16H18BrNO2S. The van der Waals surface area contributed by atoms with Crippen LogP contribution in [0.3, 0.4) is 0 Å². The van der Waals surface area contributed by atoms with Crippen LogP contribution in [-0.2, 0) is 6.42 Å². The highest BCUT2D eigenvalue weighted by molar-refractivity contribution is 9.10. The summed E-state index contributed by atoms with van der Waals surface area (Å²) in [4.78, 5) is 1.24. The van der Waals surface area contributed by atoms with Gasteiger partial charge in [0.25, 0.3) is 0 Å². The van der Waals surface area contributed by atoms with E-state index in [1.807, 2.05) is 24.3 Å². The van der Waals surface area contributed by atoms with Gasteiger partial charge in [0.1, 0.15) is 11.5 Å². The molecule has 5 heteroatoms. The van der Waals surface area contributed by atoms with E-state index in [0.29, 0.717) is 16.9 Å². The molecule has 0 aromatic heterocycles. The van der Waals surface area contributed by atoms with Gasteiger partial charge in [0.2, 0.25) is 0 Å². The summed E-state index contributed by atoms with van der Waals surface area (Å²) >= 11 is 4.59. The molecule has 3 nitrogen and oxygen atoms in total. The van der Waals surface area contributed by atoms with E-state index < -0.39 is 14.1 Å². The van der Waals surface area contributed by atoms with E-state index in [9.17, 15) is 0 Å². The van der Waals surface area contributed by atoms with E-state index in [0.717, 1.165) is 9.37 Å². The summed E-state index contributed by atoms with van der Waals surface area (Å²) in [5, 5.41) is 0. The molecule has 112 valence electrons. The van der Waals surface area contributed by atoms with Crippen molar-refractivity contribution in [2.75, 3.05) is 20.6 Å². The molecule has 2 N–H and O–H groups in total. The molecule has 0 spiro atoms. The number of hydrogen-bond donors (Lipinski definition) is 1. The molecule has 0 aliphatic rings. The lowest BCUT2D eigenvalue weighted by Crippen LogP contribution is -2.05. The molecule has 0 atom stereocenters. The SMILES string of the molecule is [2H]C([2H])([2H])Oc1cc(Sc2ccc(Br)cc2)c(OC([2H])([2H])[2H])cc1CCN. The summed E-state index contributed by atoms with van der Waals surface area (Å²) in [7, 11) is -5.29. The molecule has 0 saturated heterocycles. The Balaban J connectivity index is 2.50. The molecule has 0 saturated carbocycles. The van der Waals surface area contributed by atoms with Gasteiger partial charge in [-0.25, -0.2) is 0 Å². The van der Waals surface area contributed by atoms with Crippen LogP contribution in [0.5, 0.6) is 11.5 Å². The molecule has 0 heterocycles. The molecule has 2 aromatic carbocycles. The van der Waals surface area contributed by atoms with Crippen molar-refractivity contribution in [2.24, 2.45) is 5.73 Å². The highest BCUT2D eigenvalue weighted by atomic mass is 79.9. The zero-order chi connectivity index (χ0) is 20.2. The van der Waals surface area contributed by atoms with Gasteiger partial charge in [-0.15, -0.1) is 0 Å². The first-order valence-corrected chi connectivity index (χ1v) is 7.76. The molecule has 2 aromatic rings. The van der Waals surface area contributed by atoms with Crippen molar-refractivity contribution >= 4 is 27.7 Å². The van der Waals surface area contributed by atoms with Crippen LogP contribution in [0.25, 0.3) is 0 Å². The van der Waals surface area contributed by atoms with E-state index in [-0.39, 0.29) is 18.0 Å². The zero-order valence-electron chi connectivity index (χ0n) is 17.1. The normalized spacial score (nSPS) is 15.9. The van der Waals surface area contributed by atoms with Gasteiger partial charge in [-0.3, -0.25) is 0 Å². The first-order chi connectivity index (χ1) is 12.5. The van der Waals surface area contributed by atoms with Gasteiger partial charge < -0.3 is 15.2 Å². The van der Waals surface area contributed by atoms with Crippen molar-refractivity contribution < 1.29 is 17.7 Å². The average molecular weight is 374 g/mol. The number of halogens is 1. The van der Waals surface area contributed by atoms with Crippen molar-refractivity contribution in [1.82, 2.24) is 0 Å². The highest BCUT2D eigenvalue weighted by Gasteiger charge is 2.12. The van der Waals surface area contributed by atoms with Crippen LogP contribution in [0.1, 0.15) is 13.8 Å². The van der Waals surface area contributed by atoms with Gasteiger partial charge in [-0.05, 0) is 54.9 Å². The van der Waals surface area contributed by atoms with E-state index in [1.165, 1.54) is 23.9 Å². The van der Waals surface area contributed by atoms with Crippen molar-refractivity contribution in [2.45, 2.75) is 16.2 Å². The third kappa shape index (κ3) is 4.15. The van der Waals surface area contributed by atoms with Crippen molar-refractivity contribution in [1.29, 1.82) is 0 Å². The van der Waals surface area contributed by atoms with Gasteiger partial charge in [0.05, 0.1) is 27.2 Å². The van der Waals surface area contributed by atoms with Crippen LogP contribution in [0.2, 0.25) is 0 Å². The van der Waals surface area contributed by atoms with Crippen molar-refractivity contribution in [3.63, 3.8) is 0 Å². The molecule has 0 amide bonds. The summed E-state index contributed by atoms with van der Waals surface area (Å²) in [5.41, 5.74) is 6.05. The molecule has 21 heavy (non-hydrogen) atoms. The molecule has 0 aliphatic carbocycles. The molecule has 0 unspecified atom stereocenters. The Labute approximate surface area is 146 Å². The molecular weight excluding hydrogens is 350 g/mol. The van der Waals surface area contributed by atoms with Gasteiger partial charge in [-0.2, -0.15) is 0 Å². The smallest absolute Gasteiger partial charge is 0.133 e. The largest absolute Gasteiger partial charge is 0.496 e. The van der Waals surface area contributed by atoms with E-state index in [2.05, 4.69) is 15.9 Å². The van der Waals surface area contributed by atoms with Crippen LogP contribution in [0, 0.1) is 0 Å². The molecule has 0 fully saturated rings. The second-order valence-electron chi connectivity index (χ2n) is 4.21. The van der Waals surface area contributed by atoms with E-state index in [4.69, 9.17) is 23.4 Å². The molecule has 0 bridgehead atoms. The number of methoxy groups -OCH3 is 2. The van der Waals surface area contributed by atoms with Crippen molar-refractivity contribution in [3.05, 3.63) is 46.4 Å². The maximum atomic E-state index is 7.39. The Hall–Kier alpha value is -1.17. The molecule has 0 aliphatic heterocycles. The monoisotopic (exact) mass is 373 g/mol. The predicted molar refractivity (Wildman–Crippen MR) is 90.6 cm³/mol. The topological polar surface area (TPSA) is 44.5 Å². The zero-order valence-corrected chi connectivity index (χ0v) is 13.5. The molecule has 2 rings (SSSR count). The summed E-state index contributed by atoms with van der Waals surface area (Å²) in [6, 6.07) is 10.3. The fraction of sp³-hybridized carbons (Fsp3) is 0.250. The van der Waals surface area contributed by atoms with Crippen LogP contribution < -0.4 is 15.2 Å². The summed E-state index contributed by atoms with van der Waals surface area (Å²) in [6.07, 6.45) is 0.312. The predicted octanol–water partition coefficient (Wildman–Crippen LogP) is 4.12. The Morgan fingerprint density at radius 2 is 1.86 bits per heavy atom. The molecule has 0 radical (unpaired) electrons. The lowest BCUT2D eigenvalue weighted by atomic mass is 10.1. The fourth-order valence-corrected chi connectivity index (χ4v) is 2.98. The number of ether oxygens (including phenoxy) is 2. The van der Waals surface area contributed by atoms with Crippen molar-refractivity contribution in [3.8, 4) is 11.5 Å². The minimum absolute atomic E-state index is 0.115. The maximum Gasteiger partial charge on any atom is 0.133 e. The first kappa shape index (κ1) is 9.77. The second kappa shape index (κ2) is 7.73. The lowest BCUT2D eigenvalue weighted by Gasteiger charge is -2.14. The number of rotatable bonds is 6. The average Bonchev–Trinajstić information content (AvgIpc) is 2.51. The summed E-state index contributed by atoms with van der Waals surface area (Å²) in [6.45, 7) is 0.240. The third-order valence-corrected chi connectivity index (χ3v) is 4.38. The second-order valence-corrected chi connectivity index (χ2v) is 6.24. The number of nitrogens with two attached hydrogens (primary N) is 1. The van der Waals surface area contributed by atoms with Crippen LogP contribution in [0.15, 0.2) is 50.7 Å². The van der Waals surface area contributed by atoms with Crippen LogP contribution in [0.4, 0.5) is 0 Å². The standard InChI is InChI=1S/C16H18BrNO2S/c1-19-14-10-16(15(20-2)9-11(14)7-8-18)21-13-5-3-12(17)4-6-13/h3-6,9-10H,7-8,18H2,1-2H3/i1D3,2D3. The van der Waals surface area contributed by atoms with Gasteiger partial charge in [-0.1, -0.05) is 27.7 Å². The summed E-state index contributed by atoms with van der Waals surface area (Å²) < 4.78 is 55.4. The minimum atomic E-state index is -2.65. The first-order valence-electron chi connectivity index (χ1n) is 9.15.